The van der Waals surface area contributed by atoms with Gasteiger partial charge in [0.2, 0.25) is 0 Å². The van der Waals surface area contributed by atoms with Gasteiger partial charge in [-0.1, -0.05) is 12.1 Å². The van der Waals surface area contributed by atoms with Crippen LogP contribution < -0.4 is 5.32 Å². The number of carboxylic acids is 1. The largest absolute Gasteiger partial charge is 0.476 e. The minimum absolute atomic E-state index is 0.117. The molecular formula is C10H7IN2O3. The maximum atomic E-state index is 10.6. The maximum absolute atomic E-state index is 10.6. The molecule has 0 aliphatic rings. The highest BCUT2D eigenvalue weighted by molar-refractivity contribution is 14.1. The number of carbonyl (C=O) groups is 1. The van der Waals surface area contributed by atoms with Gasteiger partial charge in [0, 0.05) is 3.57 Å². The number of rotatable bonds is 3. The predicted molar refractivity (Wildman–Crippen MR) is 65.9 cm³/mol. The number of nitrogens with one attached hydrogen (secondary N) is 1. The highest BCUT2D eigenvalue weighted by Gasteiger charge is 2.10. The molecule has 0 radical (unpaired) electrons. The highest BCUT2D eigenvalue weighted by atomic mass is 127. The van der Waals surface area contributed by atoms with Crippen molar-refractivity contribution in [1.82, 2.24) is 4.98 Å². The van der Waals surface area contributed by atoms with Crippen LogP contribution in [0.1, 0.15) is 10.5 Å². The van der Waals surface area contributed by atoms with Gasteiger partial charge in [0.15, 0.2) is 5.69 Å². The van der Waals surface area contributed by atoms with Crippen molar-refractivity contribution in [3.8, 4) is 0 Å². The Bertz CT molecular complexity index is 524. The van der Waals surface area contributed by atoms with E-state index in [1.807, 2.05) is 24.3 Å². The van der Waals surface area contributed by atoms with Crippen LogP contribution in [-0.4, -0.2) is 16.1 Å². The maximum Gasteiger partial charge on any atom is 0.357 e. The van der Waals surface area contributed by atoms with E-state index in [9.17, 15) is 4.79 Å². The monoisotopic (exact) mass is 330 g/mol. The minimum Gasteiger partial charge on any atom is -0.476 e. The van der Waals surface area contributed by atoms with Gasteiger partial charge in [0.05, 0.1) is 5.69 Å². The van der Waals surface area contributed by atoms with Crippen LogP contribution in [0.25, 0.3) is 0 Å². The Morgan fingerprint density at radius 3 is 2.81 bits per heavy atom. The molecule has 16 heavy (non-hydrogen) atoms. The molecule has 0 saturated heterocycles. The van der Waals surface area contributed by atoms with E-state index in [4.69, 9.17) is 9.52 Å². The molecule has 0 fully saturated rings. The van der Waals surface area contributed by atoms with Crippen LogP contribution in [0.5, 0.6) is 0 Å². The van der Waals surface area contributed by atoms with Crippen molar-refractivity contribution < 1.29 is 14.3 Å². The number of para-hydroxylation sites is 1. The first-order valence-electron chi connectivity index (χ1n) is 4.37. The van der Waals surface area contributed by atoms with Crippen LogP contribution in [0, 0.1) is 3.57 Å². The summed E-state index contributed by atoms with van der Waals surface area (Å²) in [7, 11) is 0. The number of carboxylic acid groups (broad SMARTS) is 1. The third-order valence-corrected chi connectivity index (χ3v) is 2.78. The van der Waals surface area contributed by atoms with E-state index in [1.54, 1.807) is 0 Å². The third-order valence-electron chi connectivity index (χ3n) is 1.84. The first-order valence-corrected chi connectivity index (χ1v) is 5.45. The first-order chi connectivity index (χ1) is 7.66. The second-order valence-corrected chi connectivity index (χ2v) is 4.11. The Morgan fingerprint density at radius 2 is 2.19 bits per heavy atom. The summed E-state index contributed by atoms with van der Waals surface area (Å²) in [5.74, 6) is -1.11. The van der Waals surface area contributed by atoms with Gasteiger partial charge in [-0.25, -0.2) is 4.79 Å². The highest BCUT2D eigenvalue weighted by Crippen LogP contribution is 2.21. The fraction of sp³-hybridized carbons (Fsp3) is 0. The predicted octanol–water partition coefficient (Wildman–Crippen LogP) is 2.72. The number of hydrogen-bond donors (Lipinski definition) is 2. The number of anilines is 2. The number of aromatic nitrogens is 1. The average molecular weight is 330 g/mol. The standard InChI is InChI=1S/C10H7IN2O3/c11-6-3-1-2-4-7(6)12-10-13-8(5-16-10)9(14)15/h1-5H,(H,12,13)(H,14,15). The molecule has 0 spiro atoms. The SMILES string of the molecule is O=C(O)c1coc(Nc2ccccc2I)n1. The van der Waals surface area contributed by atoms with Gasteiger partial charge in [0.1, 0.15) is 6.26 Å². The smallest absolute Gasteiger partial charge is 0.357 e. The number of benzene rings is 1. The van der Waals surface area contributed by atoms with Crippen molar-refractivity contribution in [1.29, 1.82) is 0 Å². The average Bonchev–Trinajstić information content (AvgIpc) is 2.70. The second-order valence-electron chi connectivity index (χ2n) is 2.95. The lowest BCUT2D eigenvalue weighted by Crippen LogP contribution is -1.97. The van der Waals surface area contributed by atoms with Gasteiger partial charge in [-0.05, 0) is 34.7 Å². The van der Waals surface area contributed by atoms with Crippen molar-refractivity contribution in [3.05, 3.63) is 39.8 Å². The van der Waals surface area contributed by atoms with Crippen molar-refractivity contribution >= 4 is 40.3 Å². The van der Waals surface area contributed by atoms with Crippen molar-refractivity contribution in [2.24, 2.45) is 0 Å². The number of nitrogens with zero attached hydrogens (tertiary/aromatic N) is 1. The topological polar surface area (TPSA) is 75.4 Å². The molecule has 0 amide bonds. The van der Waals surface area contributed by atoms with E-state index in [2.05, 4.69) is 32.9 Å². The number of oxazole rings is 1. The lowest BCUT2D eigenvalue weighted by Gasteiger charge is -2.02. The quantitative estimate of drug-likeness (QED) is 0.847. The molecule has 2 rings (SSSR count). The first kappa shape index (κ1) is 10.9. The molecule has 2 aromatic rings. The van der Waals surface area contributed by atoms with E-state index in [1.165, 1.54) is 0 Å². The summed E-state index contributed by atoms with van der Waals surface area (Å²) in [6.45, 7) is 0. The fourth-order valence-electron chi connectivity index (χ4n) is 1.11. The summed E-state index contributed by atoms with van der Waals surface area (Å²) < 4.78 is 5.97. The van der Waals surface area contributed by atoms with Crippen LogP contribution in [-0.2, 0) is 0 Å². The molecule has 82 valence electrons. The van der Waals surface area contributed by atoms with Gasteiger partial charge < -0.3 is 14.8 Å². The fourth-order valence-corrected chi connectivity index (χ4v) is 1.63. The summed E-state index contributed by atoms with van der Waals surface area (Å²) >= 11 is 2.16. The molecule has 1 aromatic carbocycles. The Kier molecular flexibility index (Phi) is 3.09. The second kappa shape index (κ2) is 4.52. The van der Waals surface area contributed by atoms with Crippen LogP contribution >= 0.6 is 22.6 Å². The van der Waals surface area contributed by atoms with E-state index >= 15 is 0 Å². The Labute approximate surface area is 105 Å². The van der Waals surface area contributed by atoms with Gasteiger partial charge >= 0.3 is 5.97 Å². The molecule has 1 heterocycles. The lowest BCUT2D eigenvalue weighted by molar-refractivity contribution is 0.0690. The van der Waals surface area contributed by atoms with Gasteiger partial charge in [-0.2, -0.15) is 4.98 Å². The number of hydrogen-bond acceptors (Lipinski definition) is 4. The summed E-state index contributed by atoms with van der Waals surface area (Å²) in [6, 6.07) is 7.72. The van der Waals surface area contributed by atoms with E-state index < -0.39 is 5.97 Å². The van der Waals surface area contributed by atoms with Crippen molar-refractivity contribution in [2.75, 3.05) is 5.32 Å². The van der Waals surface area contributed by atoms with E-state index in [0.717, 1.165) is 15.5 Å². The van der Waals surface area contributed by atoms with Crippen LogP contribution in [0.15, 0.2) is 34.9 Å². The normalized spacial score (nSPS) is 10.1. The van der Waals surface area contributed by atoms with Gasteiger partial charge in [-0.15, -0.1) is 0 Å². The zero-order valence-electron chi connectivity index (χ0n) is 7.98. The molecule has 0 saturated carbocycles. The Balaban J connectivity index is 2.21. The van der Waals surface area contributed by atoms with Crippen LogP contribution in [0.2, 0.25) is 0 Å². The molecule has 0 bridgehead atoms. The van der Waals surface area contributed by atoms with Gasteiger partial charge in [0.25, 0.3) is 6.01 Å². The van der Waals surface area contributed by atoms with E-state index in [-0.39, 0.29) is 11.7 Å². The third kappa shape index (κ3) is 2.32. The van der Waals surface area contributed by atoms with Crippen molar-refractivity contribution in [2.45, 2.75) is 0 Å². The van der Waals surface area contributed by atoms with Crippen LogP contribution in [0.3, 0.4) is 0 Å². The molecule has 6 heteroatoms. The Morgan fingerprint density at radius 1 is 1.44 bits per heavy atom. The number of aromatic carboxylic acids is 1. The van der Waals surface area contributed by atoms with Gasteiger partial charge in [-0.3, -0.25) is 0 Å². The molecule has 0 aliphatic carbocycles. The van der Waals surface area contributed by atoms with Crippen molar-refractivity contribution in [3.63, 3.8) is 0 Å². The minimum atomic E-state index is -1.11. The molecule has 1 aromatic heterocycles. The Hall–Kier alpha value is -1.57. The zero-order valence-corrected chi connectivity index (χ0v) is 10.1. The lowest BCUT2D eigenvalue weighted by atomic mass is 10.3. The zero-order chi connectivity index (χ0) is 11.5. The molecule has 0 atom stereocenters. The summed E-state index contributed by atoms with van der Waals surface area (Å²) in [6.07, 6.45) is 1.10. The van der Waals surface area contributed by atoms with E-state index in [0.29, 0.717) is 0 Å². The van der Waals surface area contributed by atoms with Crippen LogP contribution in [0.4, 0.5) is 11.7 Å². The molecule has 5 nitrogen and oxygen atoms in total. The summed E-state index contributed by atoms with van der Waals surface area (Å²) in [5.41, 5.74) is 0.704. The summed E-state index contributed by atoms with van der Waals surface area (Å²) in [5, 5.41) is 11.6. The summed E-state index contributed by atoms with van der Waals surface area (Å²) in [4.78, 5) is 14.3. The number of halogens is 1. The molecule has 0 aliphatic heterocycles. The molecule has 0 unspecified atom stereocenters. The molecule has 2 N–H and O–H groups in total. The molecular weight excluding hydrogens is 323 g/mol.